The van der Waals surface area contributed by atoms with Crippen molar-refractivity contribution in [3.8, 4) is 0 Å². The van der Waals surface area contributed by atoms with Crippen LogP contribution in [0.15, 0.2) is 11.0 Å². The molecule has 0 saturated carbocycles. The molecule has 1 N–H and O–H groups in total. The molecule has 0 aliphatic carbocycles. The van der Waals surface area contributed by atoms with E-state index in [1.807, 2.05) is 0 Å². The summed E-state index contributed by atoms with van der Waals surface area (Å²) in [6.07, 6.45) is 1.61. The molecule has 0 aliphatic rings. The van der Waals surface area contributed by atoms with Gasteiger partial charge in [-0.15, -0.1) is 0 Å². The van der Waals surface area contributed by atoms with Crippen LogP contribution in [0, 0.1) is 0 Å². The van der Waals surface area contributed by atoms with Crippen LogP contribution >= 0.6 is 0 Å². The maximum absolute atomic E-state index is 9.97. The van der Waals surface area contributed by atoms with E-state index < -0.39 is 11.1 Å². The van der Waals surface area contributed by atoms with Crippen molar-refractivity contribution in [2.45, 2.75) is 13.8 Å². The molecule has 2 nitrogen and oxygen atoms in total. The van der Waals surface area contributed by atoms with Gasteiger partial charge in [0, 0.05) is 4.91 Å². The number of rotatable bonds is 1. The van der Waals surface area contributed by atoms with Crippen LogP contribution in [0.25, 0.3) is 0 Å². The molecule has 0 aromatic heterocycles. The van der Waals surface area contributed by atoms with Crippen molar-refractivity contribution in [2.24, 2.45) is 0 Å². The third kappa shape index (κ3) is 5.62. The molecule has 0 bridgehead atoms. The van der Waals surface area contributed by atoms with Gasteiger partial charge in [-0.05, 0) is 13.8 Å². The van der Waals surface area contributed by atoms with Crippen LogP contribution in [-0.2, 0) is 11.1 Å². The van der Waals surface area contributed by atoms with E-state index in [4.69, 9.17) is 4.55 Å². The van der Waals surface area contributed by atoms with Crippen molar-refractivity contribution in [3.63, 3.8) is 0 Å². The maximum atomic E-state index is 9.97. The molecule has 0 fully saturated rings. The topological polar surface area (TPSA) is 37.3 Å². The molecule has 0 heterocycles. The first kappa shape index (κ1) is 12.2. The standard InChI is InChI=1S/C4H8O2S.K.H/c1-3-4(2)7(5)6;;/h3H,1-2H3,(H,5,6);;. The summed E-state index contributed by atoms with van der Waals surface area (Å²) in [4.78, 5) is 0.500. The van der Waals surface area contributed by atoms with Gasteiger partial charge >= 0.3 is 51.4 Å². The third-order valence-corrected chi connectivity index (χ3v) is 1.47. The van der Waals surface area contributed by atoms with Crippen molar-refractivity contribution >= 4 is 62.5 Å². The molecule has 1 unspecified atom stereocenters. The zero-order valence-corrected chi connectivity index (χ0v) is 5.16. The summed E-state index contributed by atoms with van der Waals surface area (Å²) in [5, 5.41) is 0. The molecule has 1 atom stereocenters. The SMILES string of the molecule is CC=C(C)S(=O)O.[KH]. The van der Waals surface area contributed by atoms with E-state index in [1.54, 1.807) is 19.9 Å². The molecule has 0 rings (SSSR count). The molecule has 0 radical (unpaired) electrons. The van der Waals surface area contributed by atoms with Crippen LogP contribution in [0.5, 0.6) is 0 Å². The molecule has 0 aromatic carbocycles. The average Bonchev–Trinajstić information content (AvgIpc) is 1.65. The van der Waals surface area contributed by atoms with Gasteiger partial charge in [-0.2, -0.15) is 0 Å². The summed E-state index contributed by atoms with van der Waals surface area (Å²) in [5.74, 6) is 0. The Bertz CT molecular complexity index is 111. The Balaban J connectivity index is 0. The number of hydrogen-bond donors (Lipinski definition) is 1. The summed E-state index contributed by atoms with van der Waals surface area (Å²) in [6, 6.07) is 0. The summed E-state index contributed by atoms with van der Waals surface area (Å²) >= 11 is -1.75. The molecular weight excluding hydrogens is 151 g/mol. The Labute approximate surface area is 94.4 Å². The van der Waals surface area contributed by atoms with Gasteiger partial charge < -0.3 is 4.55 Å². The first-order valence-electron chi connectivity index (χ1n) is 1.92. The summed E-state index contributed by atoms with van der Waals surface area (Å²) in [6.45, 7) is 3.33. The fraction of sp³-hybridized carbons (Fsp3) is 0.500. The van der Waals surface area contributed by atoms with Gasteiger partial charge in [0.1, 0.15) is 0 Å². The van der Waals surface area contributed by atoms with Gasteiger partial charge in [0.25, 0.3) is 0 Å². The van der Waals surface area contributed by atoms with Crippen LogP contribution in [0.1, 0.15) is 13.8 Å². The first-order chi connectivity index (χ1) is 3.18. The summed E-state index contributed by atoms with van der Waals surface area (Å²) in [5.41, 5.74) is 0. The quantitative estimate of drug-likeness (QED) is 0.447. The van der Waals surface area contributed by atoms with Crippen LogP contribution in [0.4, 0.5) is 0 Å². The van der Waals surface area contributed by atoms with Gasteiger partial charge in [-0.1, -0.05) is 6.08 Å². The molecule has 0 spiro atoms. The van der Waals surface area contributed by atoms with E-state index in [9.17, 15) is 4.21 Å². The zero-order valence-electron chi connectivity index (χ0n) is 4.34. The predicted octanol–water partition coefficient (Wildman–Crippen LogP) is 0.483. The molecule has 44 valence electrons. The molecule has 4 heteroatoms. The Hall–Kier alpha value is 1.49. The predicted molar refractivity (Wildman–Crippen MR) is 37.4 cm³/mol. The van der Waals surface area contributed by atoms with E-state index >= 15 is 0 Å². The second-order valence-electron chi connectivity index (χ2n) is 1.15. The van der Waals surface area contributed by atoms with Crippen molar-refractivity contribution in [3.05, 3.63) is 11.0 Å². The average molecular weight is 160 g/mol. The van der Waals surface area contributed by atoms with E-state index in [1.165, 1.54) is 0 Å². The normalized spacial score (nSPS) is 14.6. The summed E-state index contributed by atoms with van der Waals surface area (Å²) in [7, 11) is 0. The van der Waals surface area contributed by atoms with Gasteiger partial charge in [-0.25, -0.2) is 4.21 Å². The zero-order chi connectivity index (χ0) is 5.86. The van der Waals surface area contributed by atoms with Gasteiger partial charge in [0.2, 0.25) is 0 Å². The summed E-state index contributed by atoms with van der Waals surface area (Å²) < 4.78 is 18.2. The van der Waals surface area contributed by atoms with E-state index in [0.29, 0.717) is 4.91 Å². The van der Waals surface area contributed by atoms with Gasteiger partial charge in [0.15, 0.2) is 11.1 Å². The van der Waals surface area contributed by atoms with E-state index in [0.717, 1.165) is 0 Å². The van der Waals surface area contributed by atoms with Crippen molar-refractivity contribution in [1.29, 1.82) is 0 Å². The Morgan fingerprint density at radius 3 is 2.12 bits per heavy atom. The molecule has 0 aliphatic heterocycles. The fourth-order valence-electron chi connectivity index (χ4n) is 0.101. The molecule has 0 aromatic rings. The Kier molecular flexibility index (Phi) is 10.1. The van der Waals surface area contributed by atoms with Crippen molar-refractivity contribution in [1.82, 2.24) is 0 Å². The molecule has 0 saturated heterocycles. The third-order valence-electron chi connectivity index (χ3n) is 0.682. The van der Waals surface area contributed by atoms with Gasteiger partial charge in [-0.3, -0.25) is 0 Å². The molecular formula is C4H9KO2S. The monoisotopic (exact) mass is 160 g/mol. The van der Waals surface area contributed by atoms with Crippen LogP contribution in [0.3, 0.4) is 0 Å². The minimum atomic E-state index is -1.75. The molecule has 0 amide bonds. The number of hydrogen-bond acceptors (Lipinski definition) is 1. The van der Waals surface area contributed by atoms with Gasteiger partial charge in [0.05, 0.1) is 0 Å². The van der Waals surface area contributed by atoms with Crippen LogP contribution < -0.4 is 0 Å². The Morgan fingerprint density at radius 2 is 2.12 bits per heavy atom. The van der Waals surface area contributed by atoms with E-state index in [-0.39, 0.29) is 51.4 Å². The van der Waals surface area contributed by atoms with Crippen molar-refractivity contribution in [2.75, 3.05) is 0 Å². The second kappa shape index (κ2) is 6.60. The Morgan fingerprint density at radius 1 is 1.75 bits per heavy atom. The number of allylic oxidation sites excluding steroid dienone is 2. The van der Waals surface area contributed by atoms with Crippen LogP contribution in [0.2, 0.25) is 0 Å². The first-order valence-corrected chi connectivity index (χ1v) is 3.03. The minimum absolute atomic E-state index is 0. The second-order valence-corrected chi connectivity index (χ2v) is 2.29. The van der Waals surface area contributed by atoms with Crippen LogP contribution in [-0.4, -0.2) is 60.1 Å². The van der Waals surface area contributed by atoms with E-state index in [2.05, 4.69) is 0 Å². The van der Waals surface area contributed by atoms with Crippen molar-refractivity contribution < 1.29 is 8.76 Å². The fourth-order valence-corrected chi connectivity index (χ4v) is 0.302. The molecule has 8 heavy (non-hydrogen) atoms.